The van der Waals surface area contributed by atoms with Crippen LogP contribution in [0.5, 0.6) is 0 Å². The Hall–Kier alpha value is -0.760. The molecular formula is C15H25NO. The molecule has 96 valence electrons. The SMILES string of the molecule is CC(C)C(C)(C)CNC1CCCc2occc21. The molecule has 2 rings (SSSR count). The van der Waals surface area contributed by atoms with Crippen LogP contribution in [0.2, 0.25) is 0 Å². The van der Waals surface area contributed by atoms with Crippen molar-refractivity contribution in [2.75, 3.05) is 6.54 Å². The number of hydrogen-bond acceptors (Lipinski definition) is 2. The molecule has 1 atom stereocenters. The lowest BCUT2D eigenvalue weighted by molar-refractivity contribution is 0.223. The van der Waals surface area contributed by atoms with E-state index < -0.39 is 0 Å². The Morgan fingerprint density at radius 3 is 2.94 bits per heavy atom. The molecule has 0 spiro atoms. The van der Waals surface area contributed by atoms with Gasteiger partial charge < -0.3 is 9.73 Å². The number of hydrogen-bond donors (Lipinski definition) is 1. The Kier molecular flexibility index (Phi) is 3.62. The van der Waals surface area contributed by atoms with Crippen molar-refractivity contribution in [2.45, 2.75) is 53.0 Å². The fraction of sp³-hybridized carbons (Fsp3) is 0.733. The van der Waals surface area contributed by atoms with E-state index >= 15 is 0 Å². The van der Waals surface area contributed by atoms with E-state index in [1.165, 1.54) is 24.2 Å². The van der Waals surface area contributed by atoms with Crippen molar-refractivity contribution in [3.63, 3.8) is 0 Å². The average Bonchev–Trinajstić information content (AvgIpc) is 2.74. The molecule has 0 saturated carbocycles. The lowest BCUT2D eigenvalue weighted by Gasteiger charge is -2.33. The Morgan fingerprint density at radius 2 is 2.24 bits per heavy atom. The topological polar surface area (TPSA) is 25.2 Å². The van der Waals surface area contributed by atoms with E-state index in [2.05, 4.69) is 39.1 Å². The van der Waals surface area contributed by atoms with Gasteiger partial charge in [0, 0.05) is 24.6 Å². The van der Waals surface area contributed by atoms with Gasteiger partial charge in [0.15, 0.2) is 0 Å². The predicted octanol–water partition coefficient (Wildman–Crippen LogP) is 3.93. The molecule has 0 saturated heterocycles. The standard InChI is InChI=1S/C15H25NO/c1-11(2)15(3,4)10-16-13-6-5-7-14-12(13)8-9-17-14/h8-9,11,13,16H,5-7,10H2,1-4H3. The van der Waals surface area contributed by atoms with Gasteiger partial charge in [-0.15, -0.1) is 0 Å². The van der Waals surface area contributed by atoms with E-state index in [9.17, 15) is 0 Å². The lowest BCUT2D eigenvalue weighted by atomic mass is 9.80. The number of aryl methyl sites for hydroxylation is 1. The van der Waals surface area contributed by atoms with Crippen LogP contribution in [-0.2, 0) is 6.42 Å². The molecule has 1 aromatic rings. The van der Waals surface area contributed by atoms with Crippen molar-refractivity contribution in [2.24, 2.45) is 11.3 Å². The monoisotopic (exact) mass is 235 g/mol. The van der Waals surface area contributed by atoms with Crippen molar-refractivity contribution in [3.05, 3.63) is 23.7 Å². The van der Waals surface area contributed by atoms with Gasteiger partial charge in [-0.1, -0.05) is 27.7 Å². The molecule has 17 heavy (non-hydrogen) atoms. The van der Waals surface area contributed by atoms with E-state index in [4.69, 9.17) is 4.42 Å². The maximum Gasteiger partial charge on any atom is 0.108 e. The number of nitrogens with one attached hydrogen (secondary N) is 1. The van der Waals surface area contributed by atoms with Crippen LogP contribution in [0.25, 0.3) is 0 Å². The van der Waals surface area contributed by atoms with Crippen LogP contribution in [0.1, 0.15) is 57.9 Å². The molecule has 0 radical (unpaired) electrons. The number of fused-ring (bicyclic) bond motifs is 1. The highest BCUT2D eigenvalue weighted by atomic mass is 16.3. The van der Waals surface area contributed by atoms with Gasteiger partial charge in [-0.05, 0) is 30.2 Å². The summed E-state index contributed by atoms with van der Waals surface area (Å²) in [6.45, 7) is 10.3. The van der Waals surface area contributed by atoms with Crippen molar-refractivity contribution in [3.8, 4) is 0 Å². The fourth-order valence-corrected chi connectivity index (χ4v) is 2.29. The maximum atomic E-state index is 5.53. The Morgan fingerprint density at radius 1 is 1.47 bits per heavy atom. The third kappa shape index (κ3) is 2.74. The summed E-state index contributed by atoms with van der Waals surface area (Å²) in [5, 5.41) is 3.73. The first-order valence-corrected chi connectivity index (χ1v) is 6.80. The molecule has 1 heterocycles. The van der Waals surface area contributed by atoms with Gasteiger partial charge in [0.25, 0.3) is 0 Å². The molecule has 1 N–H and O–H groups in total. The predicted molar refractivity (Wildman–Crippen MR) is 71.0 cm³/mol. The molecule has 0 amide bonds. The van der Waals surface area contributed by atoms with Gasteiger partial charge in [-0.2, -0.15) is 0 Å². The van der Waals surface area contributed by atoms with E-state index in [0.29, 0.717) is 17.4 Å². The molecule has 2 heteroatoms. The minimum absolute atomic E-state index is 0.349. The van der Waals surface area contributed by atoms with Crippen LogP contribution >= 0.6 is 0 Å². The Balaban J connectivity index is 1.98. The Labute approximate surface area is 105 Å². The molecule has 0 aromatic carbocycles. The van der Waals surface area contributed by atoms with Crippen molar-refractivity contribution >= 4 is 0 Å². The van der Waals surface area contributed by atoms with Crippen molar-refractivity contribution < 1.29 is 4.42 Å². The summed E-state index contributed by atoms with van der Waals surface area (Å²) >= 11 is 0. The summed E-state index contributed by atoms with van der Waals surface area (Å²) in [5.41, 5.74) is 1.73. The van der Waals surface area contributed by atoms with Gasteiger partial charge in [0.05, 0.1) is 6.26 Å². The summed E-state index contributed by atoms with van der Waals surface area (Å²) in [6, 6.07) is 2.63. The zero-order chi connectivity index (χ0) is 12.5. The van der Waals surface area contributed by atoms with Crippen LogP contribution in [0.15, 0.2) is 16.7 Å². The highest BCUT2D eigenvalue weighted by Crippen LogP contribution is 2.32. The van der Waals surface area contributed by atoms with E-state index in [-0.39, 0.29) is 0 Å². The first kappa shape index (κ1) is 12.7. The summed E-state index contributed by atoms with van der Waals surface area (Å²) in [5.74, 6) is 1.89. The third-order valence-corrected chi connectivity index (χ3v) is 4.42. The average molecular weight is 235 g/mol. The van der Waals surface area contributed by atoms with Gasteiger partial charge in [-0.25, -0.2) is 0 Å². The second kappa shape index (κ2) is 4.85. The smallest absolute Gasteiger partial charge is 0.108 e. The van der Waals surface area contributed by atoms with Gasteiger partial charge in [0.1, 0.15) is 5.76 Å². The number of furan rings is 1. The first-order valence-electron chi connectivity index (χ1n) is 6.80. The third-order valence-electron chi connectivity index (χ3n) is 4.42. The summed E-state index contributed by atoms with van der Waals surface area (Å²) in [6.07, 6.45) is 5.41. The van der Waals surface area contributed by atoms with Crippen LogP contribution < -0.4 is 5.32 Å². The number of rotatable bonds is 4. The Bertz CT molecular complexity index is 365. The highest BCUT2D eigenvalue weighted by molar-refractivity contribution is 5.24. The molecule has 1 unspecified atom stereocenters. The van der Waals surface area contributed by atoms with Gasteiger partial charge >= 0.3 is 0 Å². The lowest BCUT2D eigenvalue weighted by Crippen LogP contribution is -2.36. The molecule has 1 aliphatic rings. The molecule has 0 fully saturated rings. The molecule has 1 aliphatic carbocycles. The second-order valence-electron chi connectivity index (χ2n) is 6.27. The first-order chi connectivity index (χ1) is 8.00. The molecular weight excluding hydrogens is 210 g/mol. The zero-order valence-electron chi connectivity index (χ0n) is 11.5. The molecule has 0 aliphatic heterocycles. The van der Waals surface area contributed by atoms with Gasteiger partial charge in [0.2, 0.25) is 0 Å². The normalized spacial score (nSPS) is 20.6. The van der Waals surface area contributed by atoms with Crippen LogP contribution in [0.3, 0.4) is 0 Å². The van der Waals surface area contributed by atoms with Crippen molar-refractivity contribution in [1.82, 2.24) is 5.32 Å². The summed E-state index contributed by atoms with van der Waals surface area (Å²) in [4.78, 5) is 0. The quantitative estimate of drug-likeness (QED) is 0.855. The zero-order valence-corrected chi connectivity index (χ0v) is 11.5. The minimum atomic E-state index is 0.349. The van der Waals surface area contributed by atoms with E-state index in [1.54, 1.807) is 0 Å². The molecule has 0 bridgehead atoms. The second-order valence-corrected chi connectivity index (χ2v) is 6.27. The van der Waals surface area contributed by atoms with Crippen LogP contribution in [-0.4, -0.2) is 6.54 Å². The van der Waals surface area contributed by atoms with Crippen LogP contribution in [0, 0.1) is 11.3 Å². The van der Waals surface area contributed by atoms with Crippen LogP contribution in [0.4, 0.5) is 0 Å². The maximum absolute atomic E-state index is 5.53. The van der Waals surface area contributed by atoms with Gasteiger partial charge in [-0.3, -0.25) is 0 Å². The molecule has 1 aromatic heterocycles. The minimum Gasteiger partial charge on any atom is -0.469 e. The summed E-state index contributed by atoms with van der Waals surface area (Å²) < 4.78 is 5.53. The van der Waals surface area contributed by atoms with E-state index in [0.717, 1.165) is 13.0 Å². The fourth-order valence-electron chi connectivity index (χ4n) is 2.29. The highest BCUT2D eigenvalue weighted by Gasteiger charge is 2.26. The summed E-state index contributed by atoms with van der Waals surface area (Å²) in [7, 11) is 0. The largest absolute Gasteiger partial charge is 0.469 e. The molecule has 2 nitrogen and oxygen atoms in total. The van der Waals surface area contributed by atoms with E-state index in [1.807, 2.05) is 6.26 Å². The van der Waals surface area contributed by atoms with Crippen molar-refractivity contribution in [1.29, 1.82) is 0 Å².